The molecule has 0 saturated carbocycles. The first-order valence-corrected chi connectivity index (χ1v) is 5.10. The minimum Gasteiger partial charge on any atom is -0.260 e. The Morgan fingerprint density at radius 1 is 1.56 bits per heavy atom. The van der Waals surface area contributed by atoms with Gasteiger partial charge in [0.05, 0.1) is 5.69 Å². The van der Waals surface area contributed by atoms with E-state index < -0.39 is 0 Å². The summed E-state index contributed by atoms with van der Waals surface area (Å²) >= 11 is 4.59. The van der Waals surface area contributed by atoms with E-state index in [2.05, 4.69) is 56.2 Å². The maximum Gasteiger partial charge on any atom is 0.0511 e. The van der Waals surface area contributed by atoms with Gasteiger partial charge in [-0.25, -0.2) is 0 Å². The van der Waals surface area contributed by atoms with Crippen LogP contribution < -0.4 is 0 Å². The lowest BCUT2D eigenvalue weighted by Gasteiger charge is -1.92. The Kier molecular flexibility index (Phi) is 3.17. The minimum absolute atomic E-state index is 0.995. The fourth-order valence-electron chi connectivity index (χ4n) is 0.522. The molecule has 0 bridgehead atoms. The van der Waals surface area contributed by atoms with E-state index in [9.17, 15) is 0 Å². The Morgan fingerprint density at radius 3 is 2.78 bits per heavy atom. The van der Waals surface area contributed by atoms with Gasteiger partial charge in [-0.3, -0.25) is 4.98 Å². The van der Waals surface area contributed by atoms with Gasteiger partial charge in [0.1, 0.15) is 0 Å². The molecule has 0 saturated heterocycles. The van der Waals surface area contributed by atoms with Crippen LogP contribution in [0.4, 0.5) is 0 Å². The zero-order chi connectivity index (χ0) is 6.69. The average Bonchev–Trinajstić information content (AvgIpc) is 1.88. The van der Waals surface area contributed by atoms with E-state index in [1.807, 2.05) is 12.3 Å². The number of alkyl halides is 1. The van der Waals surface area contributed by atoms with Crippen molar-refractivity contribution in [3.8, 4) is 0 Å². The highest BCUT2D eigenvalue weighted by molar-refractivity contribution is 14.1. The van der Waals surface area contributed by atoms with Crippen LogP contribution in [0.1, 0.15) is 5.69 Å². The molecule has 0 atom stereocenters. The van der Waals surface area contributed by atoms with Gasteiger partial charge < -0.3 is 0 Å². The molecule has 1 nitrogen and oxygen atoms in total. The van der Waals surface area contributed by atoms with Crippen molar-refractivity contribution >= 4 is 45.2 Å². The van der Waals surface area contributed by atoms with Crippen LogP contribution in [-0.2, 0) is 4.43 Å². The molecule has 0 aliphatic rings. The number of pyridine rings is 1. The quantitative estimate of drug-likeness (QED) is 0.564. The fraction of sp³-hybridized carbons (Fsp3) is 0.167. The second-order valence-corrected chi connectivity index (χ2v) is 3.61. The standard InChI is InChI=1S/C6H5I2N/c7-4-6-3-5(8)1-2-9-6/h1-3H,4H2. The zero-order valence-corrected chi connectivity index (χ0v) is 8.96. The molecule has 0 amide bonds. The molecule has 0 unspecified atom stereocenters. The van der Waals surface area contributed by atoms with E-state index >= 15 is 0 Å². The Hall–Kier alpha value is 0.610. The monoisotopic (exact) mass is 345 g/mol. The molecule has 0 fully saturated rings. The lowest BCUT2D eigenvalue weighted by molar-refractivity contribution is 1.18. The molecule has 1 rings (SSSR count). The van der Waals surface area contributed by atoms with Gasteiger partial charge in [0.15, 0.2) is 0 Å². The van der Waals surface area contributed by atoms with Crippen molar-refractivity contribution in [2.45, 2.75) is 4.43 Å². The predicted octanol–water partition coefficient (Wildman–Crippen LogP) is 2.62. The minimum atomic E-state index is 0.995. The second-order valence-electron chi connectivity index (χ2n) is 1.60. The normalized spacial score (nSPS) is 9.56. The third-order valence-electron chi connectivity index (χ3n) is 0.916. The van der Waals surface area contributed by atoms with Crippen molar-refractivity contribution in [2.24, 2.45) is 0 Å². The van der Waals surface area contributed by atoms with Crippen LogP contribution >= 0.6 is 45.2 Å². The maximum atomic E-state index is 4.15. The third-order valence-corrected chi connectivity index (χ3v) is 2.37. The van der Waals surface area contributed by atoms with Crippen molar-refractivity contribution < 1.29 is 0 Å². The van der Waals surface area contributed by atoms with Crippen molar-refractivity contribution in [1.82, 2.24) is 4.98 Å². The van der Waals surface area contributed by atoms with E-state index in [0.717, 1.165) is 10.1 Å². The molecule has 0 spiro atoms. The Morgan fingerprint density at radius 2 is 2.33 bits per heavy atom. The van der Waals surface area contributed by atoms with Gasteiger partial charge >= 0.3 is 0 Å². The van der Waals surface area contributed by atoms with Crippen molar-refractivity contribution in [3.63, 3.8) is 0 Å². The average molecular weight is 345 g/mol. The van der Waals surface area contributed by atoms with Crippen LogP contribution in [0.15, 0.2) is 18.3 Å². The summed E-state index contributed by atoms with van der Waals surface area (Å²) in [6.07, 6.45) is 1.84. The smallest absolute Gasteiger partial charge is 0.0511 e. The van der Waals surface area contributed by atoms with Gasteiger partial charge in [0.25, 0.3) is 0 Å². The van der Waals surface area contributed by atoms with Crippen LogP contribution in [-0.4, -0.2) is 4.98 Å². The van der Waals surface area contributed by atoms with Gasteiger partial charge in [-0.15, -0.1) is 0 Å². The number of rotatable bonds is 1. The molecule has 48 valence electrons. The molecule has 1 aromatic rings. The molecule has 0 radical (unpaired) electrons. The summed E-state index contributed by atoms with van der Waals surface area (Å²) in [6, 6.07) is 4.09. The molecule has 3 heteroatoms. The summed E-state index contributed by atoms with van der Waals surface area (Å²) in [4.78, 5) is 4.15. The topological polar surface area (TPSA) is 12.9 Å². The van der Waals surface area contributed by atoms with Crippen LogP contribution in [0.3, 0.4) is 0 Å². The largest absolute Gasteiger partial charge is 0.260 e. The molecule has 0 aliphatic heterocycles. The lowest BCUT2D eigenvalue weighted by atomic mass is 10.4. The maximum absolute atomic E-state index is 4.15. The fourth-order valence-corrected chi connectivity index (χ4v) is 1.46. The van der Waals surface area contributed by atoms with E-state index in [1.54, 1.807) is 0 Å². The first-order valence-electron chi connectivity index (χ1n) is 2.49. The molecular weight excluding hydrogens is 340 g/mol. The second kappa shape index (κ2) is 3.70. The molecule has 0 aromatic carbocycles. The Bertz CT molecular complexity index is 200. The zero-order valence-electron chi connectivity index (χ0n) is 4.64. The summed E-state index contributed by atoms with van der Waals surface area (Å²) in [5, 5.41) is 0. The lowest BCUT2D eigenvalue weighted by Crippen LogP contribution is -1.82. The number of aromatic nitrogens is 1. The van der Waals surface area contributed by atoms with Gasteiger partial charge in [0.2, 0.25) is 0 Å². The van der Waals surface area contributed by atoms with Gasteiger partial charge in [-0.2, -0.15) is 0 Å². The first-order chi connectivity index (χ1) is 4.33. The van der Waals surface area contributed by atoms with Crippen molar-refractivity contribution in [2.75, 3.05) is 0 Å². The summed E-state index contributed by atoms with van der Waals surface area (Å²) in [5.74, 6) is 0. The van der Waals surface area contributed by atoms with Crippen LogP contribution in [0.2, 0.25) is 0 Å². The Labute approximate surface area is 81.5 Å². The van der Waals surface area contributed by atoms with E-state index in [1.165, 1.54) is 3.57 Å². The number of hydrogen-bond acceptors (Lipinski definition) is 1. The SMILES string of the molecule is ICc1cc(I)ccn1. The molecule has 9 heavy (non-hydrogen) atoms. The van der Waals surface area contributed by atoms with Gasteiger partial charge in [0, 0.05) is 14.2 Å². The van der Waals surface area contributed by atoms with Gasteiger partial charge in [-0.05, 0) is 34.7 Å². The van der Waals surface area contributed by atoms with Crippen LogP contribution in [0.5, 0.6) is 0 Å². The van der Waals surface area contributed by atoms with Crippen molar-refractivity contribution in [3.05, 3.63) is 27.6 Å². The van der Waals surface area contributed by atoms with E-state index in [4.69, 9.17) is 0 Å². The number of halogens is 2. The highest BCUT2D eigenvalue weighted by Crippen LogP contribution is 2.07. The summed E-state index contributed by atoms with van der Waals surface area (Å²) < 4.78 is 2.25. The Balaban J connectivity index is 2.94. The third kappa shape index (κ3) is 2.37. The predicted molar refractivity (Wildman–Crippen MR) is 54.7 cm³/mol. The molecule has 0 N–H and O–H groups in total. The highest BCUT2D eigenvalue weighted by Gasteiger charge is 1.89. The van der Waals surface area contributed by atoms with Gasteiger partial charge in [-0.1, -0.05) is 22.6 Å². The van der Waals surface area contributed by atoms with Crippen LogP contribution in [0.25, 0.3) is 0 Å². The van der Waals surface area contributed by atoms with Crippen LogP contribution in [0, 0.1) is 3.57 Å². The van der Waals surface area contributed by atoms with Crippen molar-refractivity contribution in [1.29, 1.82) is 0 Å². The molecular formula is C6H5I2N. The summed E-state index contributed by atoms with van der Waals surface area (Å²) in [5.41, 5.74) is 1.16. The number of nitrogens with zero attached hydrogens (tertiary/aromatic N) is 1. The number of hydrogen-bond donors (Lipinski definition) is 0. The molecule has 1 aromatic heterocycles. The molecule has 0 aliphatic carbocycles. The first kappa shape index (κ1) is 7.71. The highest BCUT2D eigenvalue weighted by atomic mass is 127. The van der Waals surface area contributed by atoms with E-state index in [0.29, 0.717) is 0 Å². The molecule has 1 heterocycles. The summed E-state index contributed by atoms with van der Waals surface area (Å²) in [7, 11) is 0. The van der Waals surface area contributed by atoms with E-state index in [-0.39, 0.29) is 0 Å². The summed E-state index contributed by atoms with van der Waals surface area (Å²) in [6.45, 7) is 0.